The lowest BCUT2D eigenvalue weighted by Crippen LogP contribution is -2.20. The molecule has 1 N–H and O–H groups in total. The van der Waals surface area contributed by atoms with E-state index in [-0.39, 0.29) is 23.7 Å². The van der Waals surface area contributed by atoms with Crippen molar-refractivity contribution in [3.63, 3.8) is 0 Å². The summed E-state index contributed by atoms with van der Waals surface area (Å²) in [5, 5.41) is 4.26. The fourth-order valence-corrected chi connectivity index (χ4v) is 3.65. The molecular weight excluding hydrogens is 477 g/mol. The molecule has 0 fully saturated rings. The molecule has 4 rings (SSSR count). The summed E-state index contributed by atoms with van der Waals surface area (Å²) < 4.78 is 16.9. The fraction of sp³-hybridized carbons (Fsp3) is 0.154. The number of amides is 1. The quantitative estimate of drug-likeness (QED) is 0.315. The number of nitrogens with one attached hydrogen (secondary N) is 1. The molecule has 1 amide bonds. The number of benzene rings is 3. The van der Waals surface area contributed by atoms with E-state index in [4.69, 9.17) is 37.1 Å². The molecule has 0 unspecified atom stereocenters. The van der Waals surface area contributed by atoms with Crippen LogP contribution in [0.1, 0.15) is 16.7 Å². The number of fused-ring (bicyclic) bond motifs is 1. The van der Waals surface area contributed by atoms with Gasteiger partial charge < -0.3 is 19.2 Å². The van der Waals surface area contributed by atoms with Crippen LogP contribution in [-0.2, 0) is 4.79 Å². The number of carbonyl (C=O) groups excluding carboxylic acids is 1. The molecule has 0 atom stereocenters. The first-order valence-electron chi connectivity index (χ1n) is 10.4. The minimum Gasteiger partial charge on any atom is -0.484 e. The molecule has 0 bridgehead atoms. The molecule has 6 nitrogen and oxygen atoms in total. The summed E-state index contributed by atoms with van der Waals surface area (Å²) in [5.41, 5.74) is 3.17. The Morgan fingerprint density at radius 1 is 0.941 bits per heavy atom. The Hall–Kier alpha value is -3.48. The van der Waals surface area contributed by atoms with Gasteiger partial charge in [0.25, 0.3) is 5.91 Å². The van der Waals surface area contributed by atoms with Crippen molar-refractivity contribution < 1.29 is 18.7 Å². The minimum atomic E-state index is -0.348. The Morgan fingerprint density at radius 2 is 1.68 bits per heavy atom. The van der Waals surface area contributed by atoms with E-state index in [2.05, 4.69) is 5.32 Å². The van der Waals surface area contributed by atoms with E-state index in [0.29, 0.717) is 38.2 Å². The highest BCUT2D eigenvalue weighted by atomic mass is 35.5. The number of hydrogen-bond donors (Lipinski definition) is 1. The fourth-order valence-electron chi connectivity index (χ4n) is 3.36. The molecule has 0 saturated carbocycles. The first-order chi connectivity index (χ1) is 16.2. The first kappa shape index (κ1) is 23.7. The highest BCUT2D eigenvalue weighted by Crippen LogP contribution is 2.29. The second-order valence-corrected chi connectivity index (χ2v) is 8.65. The highest BCUT2D eigenvalue weighted by molar-refractivity contribution is 6.32. The van der Waals surface area contributed by atoms with Crippen molar-refractivity contribution in [2.75, 3.05) is 11.9 Å². The Bertz CT molecular complexity index is 1440. The zero-order chi connectivity index (χ0) is 24.4. The summed E-state index contributed by atoms with van der Waals surface area (Å²) >= 11 is 12.3. The molecular formula is C26H21Cl2NO5. The maximum atomic E-state index is 12.9. The molecule has 0 radical (unpaired) electrons. The van der Waals surface area contributed by atoms with E-state index in [9.17, 15) is 9.59 Å². The Labute approximate surface area is 206 Å². The van der Waals surface area contributed by atoms with Gasteiger partial charge in [-0.1, -0.05) is 29.3 Å². The van der Waals surface area contributed by atoms with Crippen molar-refractivity contribution in [1.82, 2.24) is 0 Å². The van der Waals surface area contributed by atoms with E-state index in [1.807, 2.05) is 26.8 Å². The molecule has 8 heteroatoms. The van der Waals surface area contributed by atoms with Crippen molar-refractivity contribution in [1.29, 1.82) is 0 Å². The van der Waals surface area contributed by atoms with Crippen LogP contribution < -0.4 is 20.2 Å². The van der Waals surface area contributed by atoms with Crippen LogP contribution in [0.3, 0.4) is 0 Å². The van der Waals surface area contributed by atoms with Gasteiger partial charge in [-0.25, -0.2) is 0 Å². The van der Waals surface area contributed by atoms with Gasteiger partial charge in [-0.2, -0.15) is 0 Å². The molecule has 3 aromatic carbocycles. The van der Waals surface area contributed by atoms with Gasteiger partial charge in [0.15, 0.2) is 6.61 Å². The minimum absolute atomic E-state index is 0.0541. The highest BCUT2D eigenvalue weighted by Gasteiger charge is 2.13. The van der Waals surface area contributed by atoms with Gasteiger partial charge >= 0.3 is 0 Å². The Morgan fingerprint density at radius 3 is 2.38 bits per heavy atom. The van der Waals surface area contributed by atoms with Crippen LogP contribution in [0.2, 0.25) is 10.0 Å². The largest absolute Gasteiger partial charge is 0.484 e. The predicted molar refractivity (Wildman–Crippen MR) is 134 cm³/mol. The molecule has 174 valence electrons. The maximum Gasteiger partial charge on any atom is 0.262 e. The summed E-state index contributed by atoms with van der Waals surface area (Å²) in [4.78, 5) is 25.1. The van der Waals surface area contributed by atoms with Gasteiger partial charge in [0, 0.05) is 21.8 Å². The first-order valence-corrected chi connectivity index (χ1v) is 11.2. The maximum absolute atomic E-state index is 12.9. The summed E-state index contributed by atoms with van der Waals surface area (Å²) in [6, 6.07) is 13.5. The number of anilines is 1. The number of aryl methyl sites for hydroxylation is 3. The van der Waals surface area contributed by atoms with Crippen LogP contribution in [0.25, 0.3) is 11.0 Å². The average molecular weight is 498 g/mol. The third-order valence-electron chi connectivity index (χ3n) is 5.18. The summed E-state index contributed by atoms with van der Waals surface area (Å²) in [5.74, 6) is 0.578. The van der Waals surface area contributed by atoms with E-state index >= 15 is 0 Å². The number of halogens is 2. The van der Waals surface area contributed by atoms with Crippen LogP contribution in [-0.4, -0.2) is 12.5 Å². The van der Waals surface area contributed by atoms with Crippen LogP contribution in [0.15, 0.2) is 64.0 Å². The average Bonchev–Trinajstić information content (AvgIpc) is 2.80. The van der Waals surface area contributed by atoms with Gasteiger partial charge in [-0.05, 0) is 73.9 Å². The number of rotatable bonds is 6. The molecule has 0 aliphatic heterocycles. The number of hydrogen-bond acceptors (Lipinski definition) is 5. The summed E-state index contributed by atoms with van der Waals surface area (Å²) in [6.07, 6.45) is 1.25. The molecule has 34 heavy (non-hydrogen) atoms. The number of carbonyl (C=O) groups is 1. The SMILES string of the molecule is Cc1ccc(NC(=O)COc2ccc3c(=O)c(Oc4cc(C)c(Cl)c(C)c4)coc3c2)cc1Cl. The van der Waals surface area contributed by atoms with Gasteiger partial charge in [-0.15, -0.1) is 0 Å². The standard InChI is InChI=1S/C26H21Cl2NO5/c1-14-4-5-17(10-21(14)27)29-24(30)13-32-18-6-7-20-22(11-18)33-12-23(26(20)31)34-19-8-15(2)25(28)16(3)9-19/h4-12H,13H2,1-3H3,(H,29,30). The van der Waals surface area contributed by atoms with E-state index in [1.54, 1.807) is 42.5 Å². The third kappa shape index (κ3) is 5.19. The van der Waals surface area contributed by atoms with Crippen molar-refractivity contribution in [3.8, 4) is 17.2 Å². The smallest absolute Gasteiger partial charge is 0.262 e. The summed E-state index contributed by atoms with van der Waals surface area (Å²) in [7, 11) is 0. The molecule has 1 heterocycles. The lowest BCUT2D eigenvalue weighted by molar-refractivity contribution is -0.118. The number of ether oxygens (including phenoxy) is 2. The van der Waals surface area contributed by atoms with Crippen molar-refractivity contribution in [2.45, 2.75) is 20.8 Å². The third-order valence-corrected chi connectivity index (χ3v) is 6.18. The second-order valence-electron chi connectivity index (χ2n) is 7.86. The topological polar surface area (TPSA) is 77.8 Å². The van der Waals surface area contributed by atoms with Gasteiger partial charge in [0.1, 0.15) is 23.3 Å². The van der Waals surface area contributed by atoms with E-state index in [0.717, 1.165) is 16.7 Å². The van der Waals surface area contributed by atoms with Gasteiger partial charge in [-0.3, -0.25) is 9.59 Å². The van der Waals surface area contributed by atoms with Gasteiger partial charge in [0.2, 0.25) is 11.2 Å². The monoisotopic (exact) mass is 497 g/mol. The van der Waals surface area contributed by atoms with Crippen molar-refractivity contribution >= 4 is 45.8 Å². The Balaban J connectivity index is 1.46. The van der Waals surface area contributed by atoms with E-state index in [1.165, 1.54) is 6.26 Å². The van der Waals surface area contributed by atoms with Gasteiger partial charge in [0.05, 0.1) is 5.39 Å². The van der Waals surface area contributed by atoms with E-state index < -0.39 is 0 Å². The summed E-state index contributed by atoms with van der Waals surface area (Å²) in [6.45, 7) is 5.38. The second kappa shape index (κ2) is 9.79. The Kier molecular flexibility index (Phi) is 6.82. The van der Waals surface area contributed by atoms with Crippen LogP contribution >= 0.6 is 23.2 Å². The lowest BCUT2D eigenvalue weighted by Gasteiger charge is -2.10. The zero-order valence-electron chi connectivity index (χ0n) is 18.7. The molecule has 0 aliphatic rings. The molecule has 0 aliphatic carbocycles. The molecule has 1 aromatic heterocycles. The molecule has 0 saturated heterocycles. The van der Waals surface area contributed by atoms with Crippen molar-refractivity contribution in [2.24, 2.45) is 0 Å². The van der Waals surface area contributed by atoms with Crippen LogP contribution in [0.5, 0.6) is 17.2 Å². The lowest BCUT2D eigenvalue weighted by atomic mass is 10.1. The van der Waals surface area contributed by atoms with Crippen LogP contribution in [0.4, 0.5) is 5.69 Å². The zero-order valence-corrected chi connectivity index (χ0v) is 20.2. The molecule has 4 aromatic rings. The predicted octanol–water partition coefficient (Wildman–Crippen LogP) is 6.83. The van der Waals surface area contributed by atoms with Crippen molar-refractivity contribution in [3.05, 3.63) is 91.8 Å². The normalized spacial score (nSPS) is 10.9. The van der Waals surface area contributed by atoms with Crippen LogP contribution in [0, 0.1) is 20.8 Å². The molecule has 0 spiro atoms.